The number of likely N-dealkylation sites (N-methyl/N-ethyl adjacent to an activating group) is 1. The van der Waals surface area contributed by atoms with Crippen LogP contribution in [0.25, 0.3) is 0 Å². The van der Waals surface area contributed by atoms with E-state index in [1.165, 1.54) is 0 Å². The number of amides is 2. The molecule has 8 heteroatoms. The Morgan fingerprint density at radius 1 is 1.44 bits per heavy atom. The summed E-state index contributed by atoms with van der Waals surface area (Å²) in [5.41, 5.74) is 0.749. The summed E-state index contributed by atoms with van der Waals surface area (Å²) in [5, 5.41) is 6.97. The minimum Gasteiger partial charge on any atom is -0.356 e. The number of aromatic nitrogens is 3. The van der Waals surface area contributed by atoms with Gasteiger partial charge >= 0.3 is 0 Å². The molecule has 2 amide bonds. The van der Waals surface area contributed by atoms with Crippen molar-refractivity contribution in [2.24, 2.45) is 0 Å². The van der Waals surface area contributed by atoms with Crippen LogP contribution in [0, 0.1) is 0 Å². The average Bonchev–Trinajstić information content (AvgIpc) is 3.15. The van der Waals surface area contributed by atoms with Crippen LogP contribution in [0.3, 0.4) is 0 Å². The predicted octanol–water partition coefficient (Wildman–Crippen LogP) is 0.383. The highest BCUT2D eigenvalue weighted by Gasteiger charge is 2.37. The van der Waals surface area contributed by atoms with Crippen LogP contribution in [0.5, 0.6) is 0 Å². The Kier molecular flexibility index (Phi) is 5.39. The van der Waals surface area contributed by atoms with Gasteiger partial charge in [-0.3, -0.25) is 19.3 Å². The van der Waals surface area contributed by atoms with Crippen molar-refractivity contribution in [2.75, 3.05) is 20.2 Å². The highest BCUT2D eigenvalue weighted by atomic mass is 16.5. The minimum absolute atomic E-state index is 0.117. The summed E-state index contributed by atoms with van der Waals surface area (Å²) in [6.07, 6.45) is 6.92. The van der Waals surface area contributed by atoms with Crippen LogP contribution in [0.2, 0.25) is 0 Å². The van der Waals surface area contributed by atoms with Gasteiger partial charge in [-0.1, -0.05) is 6.07 Å². The summed E-state index contributed by atoms with van der Waals surface area (Å²) >= 11 is 0. The molecule has 1 aliphatic heterocycles. The van der Waals surface area contributed by atoms with Gasteiger partial charge in [0.1, 0.15) is 6.61 Å². The fourth-order valence-electron chi connectivity index (χ4n) is 2.81. The lowest BCUT2D eigenvalue weighted by Gasteiger charge is -2.33. The molecule has 3 rings (SSSR count). The van der Waals surface area contributed by atoms with Gasteiger partial charge in [0.15, 0.2) is 6.10 Å². The SMILES string of the molecule is CN(CCCn1cccn1)C(=O)[C@H]1OCC(=O)N[C@@H]1c1cccnc1. The smallest absolute Gasteiger partial charge is 0.253 e. The number of hydrogen-bond acceptors (Lipinski definition) is 5. The molecular formula is C17H21N5O3. The van der Waals surface area contributed by atoms with Crippen molar-refractivity contribution in [1.82, 2.24) is 25.0 Å². The molecule has 0 bridgehead atoms. The molecule has 2 aromatic rings. The predicted molar refractivity (Wildman–Crippen MR) is 89.3 cm³/mol. The van der Waals surface area contributed by atoms with E-state index < -0.39 is 12.1 Å². The third-order valence-corrected chi connectivity index (χ3v) is 4.12. The Bertz CT molecular complexity index is 704. The number of hydrogen-bond donors (Lipinski definition) is 1. The molecule has 0 aliphatic carbocycles. The van der Waals surface area contributed by atoms with Crippen molar-refractivity contribution in [3.8, 4) is 0 Å². The number of rotatable bonds is 6. The molecule has 0 radical (unpaired) electrons. The molecule has 1 aliphatic rings. The third-order valence-electron chi connectivity index (χ3n) is 4.12. The van der Waals surface area contributed by atoms with E-state index in [2.05, 4.69) is 15.4 Å². The summed E-state index contributed by atoms with van der Waals surface area (Å²) in [6.45, 7) is 1.19. The topological polar surface area (TPSA) is 89.4 Å². The van der Waals surface area contributed by atoms with Crippen LogP contribution >= 0.6 is 0 Å². The molecular weight excluding hydrogens is 322 g/mol. The molecule has 1 fully saturated rings. The van der Waals surface area contributed by atoms with Gasteiger partial charge in [0, 0.05) is 44.9 Å². The first-order valence-electron chi connectivity index (χ1n) is 8.18. The number of carbonyl (C=O) groups is 2. The van der Waals surface area contributed by atoms with Crippen LogP contribution in [0.4, 0.5) is 0 Å². The molecule has 8 nitrogen and oxygen atoms in total. The van der Waals surface area contributed by atoms with E-state index in [-0.39, 0.29) is 18.4 Å². The number of nitrogens with one attached hydrogen (secondary N) is 1. The third kappa shape index (κ3) is 4.21. The molecule has 2 aromatic heterocycles. The molecule has 132 valence electrons. The second kappa shape index (κ2) is 7.89. The van der Waals surface area contributed by atoms with Gasteiger partial charge in [-0.15, -0.1) is 0 Å². The number of pyridine rings is 1. The number of nitrogens with zero attached hydrogens (tertiary/aromatic N) is 4. The summed E-state index contributed by atoms with van der Waals surface area (Å²) in [4.78, 5) is 30.2. The fraction of sp³-hybridized carbons (Fsp3) is 0.412. The van der Waals surface area contributed by atoms with Crippen LogP contribution in [0.1, 0.15) is 18.0 Å². The maximum atomic E-state index is 12.8. The zero-order valence-corrected chi connectivity index (χ0v) is 14.0. The zero-order valence-electron chi connectivity index (χ0n) is 14.0. The molecule has 0 spiro atoms. The Morgan fingerprint density at radius 2 is 2.32 bits per heavy atom. The summed E-state index contributed by atoms with van der Waals surface area (Å²) in [5.74, 6) is -0.395. The van der Waals surface area contributed by atoms with Gasteiger partial charge in [-0.05, 0) is 24.1 Å². The van der Waals surface area contributed by atoms with Gasteiger partial charge in [0.25, 0.3) is 5.91 Å². The lowest BCUT2D eigenvalue weighted by Crippen LogP contribution is -2.52. The Morgan fingerprint density at radius 3 is 3.04 bits per heavy atom. The molecule has 1 N–H and O–H groups in total. The van der Waals surface area contributed by atoms with E-state index in [1.807, 2.05) is 23.0 Å². The van der Waals surface area contributed by atoms with Crippen molar-refractivity contribution in [1.29, 1.82) is 0 Å². The Hall–Kier alpha value is -2.74. The highest BCUT2D eigenvalue weighted by Crippen LogP contribution is 2.23. The monoisotopic (exact) mass is 343 g/mol. The average molecular weight is 343 g/mol. The van der Waals surface area contributed by atoms with E-state index in [1.54, 1.807) is 36.6 Å². The van der Waals surface area contributed by atoms with E-state index in [0.29, 0.717) is 6.54 Å². The number of aryl methyl sites for hydroxylation is 1. The number of carbonyl (C=O) groups excluding carboxylic acids is 2. The Balaban J connectivity index is 1.62. The molecule has 0 saturated carbocycles. The first kappa shape index (κ1) is 17.1. The van der Waals surface area contributed by atoms with Crippen LogP contribution in [-0.4, -0.2) is 57.8 Å². The van der Waals surface area contributed by atoms with E-state index in [9.17, 15) is 9.59 Å². The molecule has 25 heavy (non-hydrogen) atoms. The van der Waals surface area contributed by atoms with Crippen LogP contribution < -0.4 is 5.32 Å². The van der Waals surface area contributed by atoms with Crippen molar-refractivity contribution in [3.63, 3.8) is 0 Å². The second-order valence-electron chi connectivity index (χ2n) is 5.95. The van der Waals surface area contributed by atoms with Gasteiger partial charge in [-0.2, -0.15) is 5.10 Å². The molecule has 3 heterocycles. The van der Waals surface area contributed by atoms with E-state index >= 15 is 0 Å². The van der Waals surface area contributed by atoms with Crippen molar-refractivity contribution >= 4 is 11.8 Å². The van der Waals surface area contributed by atoms with Gasteiger partial charge in [-0.25, -0.2) is 0 Å². The van der Waals surface area contributed by atoms with Crippen molar-refractivity contribution < 1.29 is 14.3 Å². The maximum Gasteiger partial charge on any atom is 0.253 e. The quantitative estimate of drug-likeness (QED) is 0.819. The van der Waals surface area contributed by atoms with Gasteiger partial charge in [0.05, 0.1) is 6.04 Å². The maximum absolute atomic E-state index is 12.8. The van der Waals surface area contributed by atoms with Gasteiger partial charge in [0.2, 0.25) is 5.91 Å². The lowest BCUT2D eigenvalue weighted by atomic mass is 10.0. The molecule has 0 unspecified atom stereocenters. The summed E-state index contributed by atoms with van der Waals surface area (Å²) in [7, 11) is 1.74. The number of ether oxygens (including phenoxy) is 1. The van der Waals surface area contributed by atoms with Crippen LogP contribution in [0.15, 0.2) is 43.0 Å². The second-order valence-corrected chi connectivity index (χ2v) is 5.95. The lowest BCUT2D eigenvalue weighted by molar-refractivity contribution is -0.154. The first-order valence-corrected chi connectivity index (χ1v) is 8.18. The van der Waals surface area contributed by atoms with Crippen molar-refractivity contribution in [3.05, 3.63) is 48.5 Å². The zero-order chi connectivity index (χ0) is 17.6. The summed E-state index contributed by atoms with van der Waals surface area (Å²) < 4.78 is 7.37. The molecule has 0 aromatic carbocycles. The first-order chi connectivity index (χ1) is 12.1. The normalized spacial score (nSPS) is 20.1. The Labute approximate surface area is 145 Å². The van der Waals surface area contributed by atoms with E-state index in [0.717, 1.165) is 18.5 Å². The summed E-state index contributed by atoms with van der Waals surface area (Å²) in [6, 6.07) is 4.93. The largest absolute Gasteiger partial charge is 0.356 e. The van der Waals surface area contributed by atoms with Crippen LogP contribution in [-0.2, 0) is 20.9 Å². The highest BCUT2D eigenvalue weighted by molar-refractivity contribution is 5.86. The van der Waals surface area contributed by atoms with Crippen molar-refractivity contribution in [2.45, 2.75) is 25.1 Å². The van der Waals surface area contributed by atoms with E-state index in [4.69, 9.17) is 4.74 Å². The minimum atomic E-state index is -0.753. The molecule has 2 atom stereocenters. The van der Waals surface area contributed by atoms with Gasteiger partial charge < -0.3 is 15.0 Å². The molecule has 1 saturated heterocycles. The fourth-order valence-corrected chi connectivity index (χ4v) is 2.81. The number of morpholine rings is 1. The standard InChI is InChI=1S/C17H21N5O3/c1-21(8-4-10-22-9-3-7-19-22)17(24)16-15(20-14(23)12-25-16)13-5-2-6-18-11-13/h2-3,5-7,9,11,15-16H,4,8,10,12H2,1H3,(H,20,23)/t15-,16+/m1/s1.